The first-order chi connectivity index (χ1) is 26.6. The number of nitrogens with zero attached hydrogens (tertiary/aromatic N) is 2. The van der Waals surface area contributed by atoms with Gasteiger partial charge in [-0.2, -0.15) is 0 Å². The number of rotatable bonds is 22. The summed E-state index contributed by atoms with van der Waals surface area (Å²) in [6.45, 7) is 8.48. The molecule has 7 atom stereocenters. The van der Waals surface area contributed by atoms with Crippen molar-refractivity contribution >= 4 is 59.3 Å². The maximum atomic E-state index is 14.0. The molecular formula is C36H58N8O13. The van der Waals surface area contributed by atoms with Crippen molar-refractivity contribution in [1.29, 1.82) is 0 Å². The molecule has 2 aliphatic rings. The van der Waals surface area contributed by atoms with E-state index in [0.717, 1.165) is 0 Å². The van der Waals surface area contributed by atoms with Crippen LogP contribution in [0.1, 0.15) is 92.4 Å². The summed E-state index contributed by atoms with van der Waals surface area (Å²) in [6.07, 6.45) is -0.0292. The Hall–Kier alpha value is -5.34. The molecule has 2 saturated heterocycles. The highest BCUT2D eigenvalue weighted by Gasteiger charge is 2.41. The van der Waals surface area contributed by atoms with Crippen molar-refractivity contribution in [2.75, 3.05) is 19.6 Å². The summed E-state index contributed by atoms with van der Waals surface area (Å²) in [5.74, 6) is -9.57. The van der Waals surface area contributed by atoms with Crippen molar-refractivity contribution < 1.29 is 63.3 Å². The van der Waals surface area contributed by atoms with Crippen LogP contribution in [0, 0.1) is 11.8 Å². The Balaban J connectivity index is 2.19. The molecule has 0 radical (unpaired) electrons. The van der Waals surface area contributed by atoms with Crippen molar-refractivity contribution in [3.05, 3.63) is 0 Å². The van der Waals surface area contributed by atoms with Crippen LogP contribution in [0.2, 0.25) is 0 Å². The van der Waals surface area contributed by atoms with E-state index < -0.39 is 121 Å². The molecule has 0 saturated carbocycles. The number of carbonyl (C=O) groups is 10. The van der Waals surface area contributed by atoms with Gasteiger partial charge in [0.15, 0.2) is 0 Å². The molecule has 2 aliphatic heterocycles. The van der Waals surface area contributed by atoms with E-state index in [1.54, 1.807) is 0 Å². The molecule has 0 bridgehead atoms. The second-order valence-corrected chi connectivity index (χ2v) is 15.3. The summed E-state index contributed by atoms with van der Waals surface area (Å²) in [5.41, 5.74) is 6.10. The second-order valence-electron chi connectivity index (χ2n) is 15.3. The van der Waals surface area contributed by atoms with Crippen LogP contribution in [0.5, 0.6) is 0 Å². The fourth-order valence-electron chi connectivity index (χ4n) is 6.74. The Labute approximate surface area is 330 Å². The average molecular weight is 811 g/mol. The van der Waals surface area contributed by atoms with E-state index in [1.807, 2.05) is 33.0 Å². The van der Waals surface area contributed by atoms with Gasteiger partial charge in [-0.05, 0) is 63.7 Å². The summed E-state index contributed by atoms with van der Waals surface area (Å²) in [5, 5.41) is 39.2. The van der Waals surface area contributed by atoms with Gasteiger partial charge in [-0.15, -0.1) is 0 Å². The standard InChI is InChI=1S/C36H58N8O13/c1-18(2)14-21(37)35(56)43-12-6-8-25(43)33(54)39-20(5)30(51)42-24(15-19(3)4)36(57)44-13-7-9-26(44)34(55)40-22(10-11-27(45)46)32(53)41-23(16-28(47)48)31(52)38-17-29(49)50/h18-26H,6-17,37H2,1-5H3,(H,38,52)(H,39,54)(H,40,55)(H,41,53)(H,42,51)(H,45,46)(H,47,48)(H,49,50). The third kappa shape index (κ3) is 15.3. The number of amides is 7. The largest absolute Gasteiger partial charge is 0.481 e. The van der Waals surface area contributed by atoms with Gasteiger partial charge in [0.25, 0.3) is 0 Å². The van der Waals surface area contributed by atoms with Crippen molar-refractivity contribution in [2.45, 2.75) is 135 Å². The number of hydrogen-bond donors (Lipinski definition) is 9. The molecule has 7 unspecified atom stereocenters. The Morgan fingerprint density at radius 2 is 1.14 bits per heavy atom. The number of nitrogens with one attached hydrogen (secondary N) is 5. The molecule has 0 aromatic rings. The Morgan fingerprint density at radius 3 is 1.65 bits per heavy atom. The van der Waals surface area contributed by atoms with Gasteiger partial charge in [0.2, 0.25) is 41.4 Å². The molecular weight excluding hydrogens is 752 g/mol. The zero-order chi connectivity index (χ0) is 43.1. The van der Waals surface area contributed by atoms with Crippen molar-refractivity contribution in [3.8, 4) is 0 Å². The highest BCUT2D eigenvalue weighted by atomic mass is 16.4. The number of carboxylic acids is 3. The van der Waals surface area contributed by atoms with Crippen molar-refractivity contribution in [3.63, 3.8) is 0 Å². The Bertz CT molecular complexity index is 1520. The van der Waals surface area contributed by atoms with E-state index in [-0.39, 0.29) is 37.1 Å². The number of likely N-dealkylation sites (tertiary alicyclic amines) is 2. The van der Waals surface area contributed by atoms with Gasteiger partial charge in [0.1, 0.15) is 42.8 Å². The third-order valence-electron chi connectivity index (χ3n) is 9.50. The maximum absolute atomic E-state index is 14.0. The number of nitrogens with two attached hydrogens (primary N) is 1. The van der Waals surface area contributed by atoms with Crippen LogP contribution in [0.15, 0.2) is 0 Å². The van der Waals surface area contributed by atoms with Gasteiger partial charge >= 0.3 is 17.9 Å². The lowest BCUT2D eigenvalue weighted by Crippen LogP contribution is -2.59. The van der Waals surface area contributed by atoms with Gasteiger partial charge in [-0.3, -0.25) is 47.9 Å². The molecule has 21 nitrogen and oxygen atoms in total. The average Bonchev–Trinajstić information content (AvgIpc) is 3.81. The van der Waals surface area contributed by atoms with Crippen LogP contribution in [0.3, 0.4) is 0 Å². The van der Waals surface area contributed by atoms with Gasteiger partial charge in [0.05, 0.1) is 12.5 Å². The summed E-state index contributed by atoms with van der Waals surface area (Å²) >= 11 is 0. The predicted molar refractivity (Wildman–Crippen MR) is 200 cm³/mol. The van der Waals surface area contributed by atoms with Crippen LogP contribution in [-0.4, -0.2) is 146 Å². The molecule has 2 fully saturated rings. The lowest BCUT2D eigenvalue weighted by molar-refractivity contribution is -0.143. The molecule has 0 aromatic heterocycles. The molecule has 320 valence electrons. The van der Waals surface area contributed by atoms with Crippen molar-refractivity contribution in [2.24, 2.45) is 17.6 Å². The van der Waals surface area contributed by atoms with Gasteiger partial charge < -0.3 is 57.4 Å². The molecule has 0 spiro atoms. The quantitative estimate of drug-likeness (QED) is 0.0565. The van der Waals surface area contributed by atoms with Gasteiger partial charge in [0, 0.05) is 19.5 Å². The SMILES string of the molecule is CC(C)CC(N)C(=O)N1CCCC1C(=O)NC(C)C(=O)NC(CC(C)C)C(=O)N1CCCC1C(=O)NC(CCC(=O)O)C(=O)NC(CC(=O)O)C(=O)NCC(=O)O. The van der Waals surface area contributed by atoms with Crippen LogP contribution < -0.4 is 32.3 Å². The van der Waals surface area contributed by atoms with E-state index in [4.69, 9.17) is 10.8 Å². The monoisotopic (exact) mass is 810 g/mol. The molecule has 2 heterocycles. The first kappa shape index (κ1) is 47.8. The topological polar surface area (TPSA) is 324 Å². The fraction of sp³-hybridized carbons (Fsp3) is 0.722. The van der Waals surface area contributed by atoms with Crippen LogP contribution in [0.25, 0.3) is 0 Å². The minimum atomic E-state index is -1.77. The first-order valence-electron chi connectivity index (χ1n) is 19.1. The predicted octanol–water partition coefficient (Wildman–Crippen LogP) is -2.11. The lowest BCUT2D eigenvalue weighted by atomic mass is 10.0. The van der Waals surface area contributed by atoms with E-state index in [9.17, 15) is 58.2 Å². The van der Waals surface area contributed by atoms with Gasteiger partial charge in [-0.1, -0.05) is 27.7 Å². The fourth-order valence-corrected chi connectivity index (χ4v) is 6.74. The number of aliphatic carboxylic acids is 3. The molecule has 57 heavy (non-hydrogen) atoms. The molecule has 2 rings (SSSR count). The van der Waals surface area contributed by atoms with Crippen LogP contribution in [0.4, 0.5) is 0 Å². The highest BCUT2D eigenvalue weighted by molar-refractivity contribution is 5.98. The first-order valence-corrected chi connectivity index (χ1v) is 19.1. The van der Waals surface area contributed by atoms with E-state index in [0.29, 0.717) is 32.2 Å². The number of carboxylic acid groups (broad SMARTS) is 3. The molecule has 10 N–H and O–H groups in total. The molecule has 0 aromatic carbocycles. The normalized spacial score (nSPS) is 19.2. The smallest absolute Gasteiger partial charge is 0.322 e. The zero-order valence-electron chi connectivity index (χ0n) is 33.1. The molecule has 7 amide bonds. The van der Waals surface area contributed by atoms with Crippen LogP contribution in [-0.2, 0) is 47.9 Å². The maximum Gasteiger partial charge on any atom is 0.322 e. The zero-order valence-corrected chi connectivity index (χ0v) is 33.1. The van der Waals surface area contributed by atoms with E-state index in [2.05, 4.69) is 21.3 Å². The summed E-state index contributed by atoms with van der Waals surface area (Å²) < 4.78 is 0. The highest BCUT2D eigenvalue weighted by Crippen LogP contribution is 2.22. The molecule has 0 aliphatic carbocycles. The van der Waals surface area contributed by atoms with Crippen LogP contribution >= 0.6 is 0 Å². The van der Waals surface area contributed by atoms with E-state index in [1.165, 1.54) is 16.7 Å². The second kappa shape index (κ2) is 22.4. The summed E-state index contributed by atoms with van der Waals surface area (Å²) in [4.78, 5) is 129. The van der Waals surface area contributed by atoms with E-state index >= 15 is 0 Å². The third-order valence-corrected chi connectivity index (χ3v) is 9.50. The summed E-state index contributed by atoms with van der Waals surface area (Å²) in [6, 6.07) is -8.40. The number of carbonyl (C=O) groups excluding carboxylic acids is 7. The van der Waals surface area contributed by atoms with Gasteiger partial charge in [-0.25, -0.2) is 0 Å². The molecule has 21 heteroatoms. The lowest BCUT2D eigenvalue weighted by Gasteiger charge is -2.31. The van der Waals surface area contributed by atoms with Crippen molar-refractivity contribution in [1.82, 2.24) is 36.4 Å². The summed E-state index contributed by atoms with van der Waals surface area (Å²) in [7, 11) is 0. The Morgan fingerprint density at radius 1 is 0.614 bits per heavy atom. The Kier molecular flexibility index (Phi) is 18.8. The number of hydrogen-bond acceptors (Lipinski definition) is 11. The minimum absolute atomic E-state index is 0.0919. The minimum Gasteiger partial charge on any atom is -0.481 e.